The Morgan fingerprint density at radius 1 is 0.976 bits per heavy atom. The van der Waals surface area contributed by atoms with Crippen LogP contribution in [0.2, 0.25) is 0 Å². The van der Waals surface area contributed by atoms with E-state index < -0.39 is 17.5 Å². The topological polar surface area (TPSA) is 93.3 Å². The Balaban J connectivity index is 2.27. The zero-order chi connectivity index (χ0) is 31.9. The van der Waals surface area contributed by atoms with Crippen molar-refractivity contribution in [1.29, 1.82) is 0 Å². The molecule has 0 aromatic rings. The monoisotopic (exact) mass is 587 g/mol. The second kappa shape index (κ2) is 15.2. The van der Waals surface area contributed by atoms with Gasteiger partial charge in [-0.2, -0.15) is 0 Å². The number of likely N-dealkylation sites (tertiary alicyclic amines) is 2. The average Bonchev–Trinajstić information content (AvgIpc) is 3.41. The predicted molar refractivity (Wildman–Crippen MR) is 169 cm³/mol. The van der Waals surface area contributed by atoms with Gasteiger partial charge in [0.2, 0.25) is 23.6 Å². The van der Waals surface area contributed by atoms with Crippen molar-refractivity contribution < 1.29 is 19.2 Å². The van der Waals surface area contributed by atoms with E-state index in [1.165, 1.54) is 0 Å². The molecule has 0 radical (unpaired) electrons. The third-order valence-electron chi connectivity index (χ3n) is 8.72. The van der Waals surface area contributed by atoms with Gasteiger partial charge < -0.3 is 20.0 Å². The van der Waals surface area contributed by atoms with Gasteiger partial charge in [-0.3, -0.25) is 24.1 Å². The van der Waals surface area contributed by atoms with E-state index in [9.17, 15) is 19.2 Å². The molecule has 42 heavy (non-hydrogen) atoms. The van der Waals surface area contributed by atoms with E-state index in [0.717, 1.165) is 32.2 Å². The van der Waals surface area contributed by atoms with Crippen molar-refractivity contribution in [3.05, 3.63) is 24.3 Å². The Morgan fingerprint density at radius 2 is 1.60 bits per heavy atom. The van der Waals surface area contributed by atoms with Gasteiger partial charge in [0, 0.05) is 38.8 Å². The lowest BCUT2D eigenvalue weighted by molar-refractivity contribution is -0.142. The van der Waals surface area contributed by atoms with Crippen molar-refractivity contribution in [2.45, 2.75) is 118 Å². The normalized spacial score (nSPS) is 21.7. The van der Waals surface area contributed by atoms with Gasteiger partial charge in [0.15, 0.2) is 0 Å². The Labute approximate surface area is 254 Å². The summed E-state index contributed by atoms with van der Waals surface area (Å²) in [4.78, 5) is 61.4. The summed E-state index contributed by atoms with van der Waals surface area (Å²) in [7, 11) is 3.47. The smallest absolute Gasteiger partial charge is 0.249 e. The first-order valence-electron chi connectivity index (χ1n) is 15.7. The molecule has 2 fully saturated rings. The highest BCUT2D eigenvalue weighted by molar-refractivity contribution is 5.97. The van der Waals surface area contributed by atoms with Crippen LogP contribution < -0.4 is 5.32 Å². The van der Waals surface area contributed by atoms with E-state index in [2.05, 4.69) is 30.6 Å². The number of rotatable bonds is 11. The van der Waals surface area contributed by atoms with E-state index >= 15 is 0 Å². The van der Waals surface area contributed by atoms with Gasteiger partial charge in [-0.25, -0.2) is 0 Å². The van der Waals surface area contributed by atoms with Crippen LogP contribution in [0, 0.1) is 11.3 Å². The summed E-state index contributed by atoms with van der Waals surface area (Å²) in [5.74, 6) is -0.532. The minimum atomic E-state index is -0.724. The van der Waals surface area contributed by atoms with Gasteiger partial charge in [-0.05, 0) is 64.3 Å². The predicted octanol–water partition coefficient (Wildman–Crippen LogP) is 3.84. The van der Waals surface area contributed by atoms with Crippen molar-refractivity contribution in [1.82, 2.24) is 24.9 Å². The third kappa shape index (κ3) is 8.68. The van der Waals surface area contributed by atoms with Gasteiger partial charge in [0.1, 0.15) is 12.1 Å². The van der Waals surface area contributed by atoms with Crippen molar-refractivity contribution in [2.24, 2.45) is 11.3 Å². The first-order valence-corrected chi connectivity index (χ1v) is 15.7. The quantitative estimate of drug-likeness (QED) is 0.293. The molecule has 4 amide bonds. The molecular formula is C33H57N5O4. The summed E-state index contributed by atoms with van der Waals surface area (Å²) >= 11 is 0. The van der Waals surface area contributed by atoms with Gasteiger partial charge in [-0.15, -0.1) is 6.58 Å². The van der Waals surface area contributed by atoms with Crippen LogP contribution in [0.1, 0.15) is 87.5 Å². The van der Waals surface area contributed by atoms with Gasteiger partial charge in [0.05, 0.1) is 12.1 Å². The lowest BCUT2D eigenvalue weighted by atomic mass is 9.84. The standard InChI is InChI=1S/C33H57N5O4/c1-12-18-35(10)31(41)26-17-15-20-38(26)30(40)24(6)21-27(22(2)3)36(11)32(42)28(33(7,8)9)34-29(39)25-16-13-14-19-37(25)23(4)5/h12,21-23,25-28H,1,13-20H2,2-11H3,(H,34,39)/t25-,26+,27-,28-/m1/s1. The average molecular weight is 588 g/mol. The number of piperidine rings is 1. The molecule has 2 heterocycles. The molecular weight excluding hydrogens is 530 g/mol. The molecule has 238 valence electrons. The Morgan fingerprint density at radius 3 is 2.14 bits per heavy atom. The largest absolute Gasteiger partial charge is 0.342 e. The van der Waals surface area contributed by atoms with Gasteiger partial charge in [-0.1, -0.05) is 53.2 Å². The van der Waals surface area contributed by atoms with E-state index in [0.29, 0.717) is 25.1 Å². The molecule has 4 atom stereocenters. The molecule has 9 heteroatoms. The minimum absolute atomic E-state index is 0.0162. The van der Waals surface area contributed by atoms with E-state index in [1.807, 2.05) is 40.7 Å². The molecule has 2 saturated heterocycles. The first-order chi connectivity index (χ1) is 19.5. The second-order valence-corrected chi connectivity index (χ2v) is 13.8. The molecule has 0 saturated carbocycles. The summed E-state index contributed by atoms with van der Waals surface area (Å²) in [6.45, 7) is 21.4. The highest BCUT2D eigenvalue weighted by Gasteiger charge is 2.40. The van der Waals surface area contributed by atoms with Crippen LogP contribution in [0.3, 0.4) is 0 Å². The molecule has 0 aliphatic carbocycles. The maximum Gasteiger partial charge on any atom is 0.249 e. The third-order valence-corrected chi connectivity index (χ3v) is 8.72. The molecule has 0 aromatic heterocycles. The molecule has 2 rings (SSSR count). The van der Waals surface area contributed by atoms with Crippen LogP contribution >= 0.6 is 0 Å². The van der Waals surface area contributed by atoms with Crippen molar-refractivity contribution in [3.63, 3.8) is 0 Å². The van der Waals surface area contributed by atoms with Crippen LogP contribution in [0.4, 0.5) is 0 Å². The number of carbonyl (C=O) groups excluding carboxylic acids is 4. The van der Waals surface area contributed by atoms with Crippen LogP contribution in [0.5, 0.6) is 0 Å². The summed E-state index contributed by atoms with van der Waals surface area (Å²) in [6, 6.07) is -1.59. The summed E-state index contributed by atoms with van der Waals surface area (Å²) in [5.41, 5.74) is -0.0137. The maximum atomic E-state index is 14.1. The maximum absolute atomic E-state index is 14.1. The van der Waals surface area contributed by atoms with Crippen LogP contribution in [-0.2, 0) is 19.2 Å². The SMILES string of the molecule is C=CCN(C)C(=O)[C@@H]1CCCN1C(=O)C(C)=C[C@H](C(C)C)N(C)C(=O)[C@@H](NC(=O)[C@H]1CCCCN1C(C)C)C(C)(C)C. The number of carbonyl (C=O) groups is 4. The van der Waals surface area contributed by atoms with E-state index in [4.69, 9.17) is 0 Å². The minimum Gasteiger partial charge on any atom is -0.342 e. The van der Waals surface area contributed by atoms with E-state index in [-0.39, 0.29) is 47.7 Å². The highest BCUT2D eigenvalue weighted by Crippen LogP contribution is 2.27. The molecule has 0 bridgehead atoms. The Kier molecular flexibility index (Phi) is 12.8. The fourth-order valence-electron chi connectivity index (χ4n) is 6.20. The lowest BCUT2D eigenvalue weighted by Gasteiger charge is -2.41. The number of hydrogen-bond acceptors (Lipinski definition) is 5. The Bertz CT molecular complexity index is 1010. The van der Waals surface area contributed by atoms with Crippen molar-refractivity contribution in [2.75, 3.05) is 33.7 Å². The zero-order valence-electron chi connectivity index (χ0n) is 27.9. The molecule has 0 spiro atoms. The highest BCUT2D eigenvalue weighted by atomic mass is 16.2. The van der Waals surface area contributed by atoms with Gasteiger partial charge in [0.25, 0.3) is 0 Å². The molecule has 9 nitrogen and oxygen atoms in total. The van der Waals surface area contributed by atoms with Gasteiger partial charge >= 0.3 is 0 Å². The van der Waals surface area contributed by atoms with Crippen LogP contribution in [0.25, 0.3) is 0 Å². The zero-order valence-corrected chi connectivity index (χ0v) is 27.9. The van der Waals surface area contributed by atoms with E-state index in [1.54, 1.807) is 41.8 Å². The summed E-state index contributed by atoms with van der Waals surface area (Å²) in [6.07, 6.45) is 7.78. The van der Waals surface area contributed by atoms with Crippen molar-refractivity contribution in [3.8, 4) is 0 Å². The number of hydrogen-bond donors (Lipinski definition) is 1. The van der Waals surface area contributed by atoms with Crippen LogP contribution in [-0.4, -0.2) is 107 Å². The Hall–Kier alpha value is -2.68. The summed E-state index contributed by atoms with van der Waals surface area (Å²) < 4.78 is 0. The van der Waals surface area contributed by atoms with Crippen molar-refractivity contribution >= 4 is 23.6 Å². The molecule has 2 aliphatic heterocycles. The summed E-state index contributed by atoms with van der Waals surface area (Å²) in [5, 5.41) is 3.13. The fraction of sp³-hybridized carbons (Fsp3) is 0.758. The number of amides is 4. The molecule has 0 aromatic carbocycles. The molecule has 1 N–H and O–H groups in total. The first kappa shape index (κ1) is 35.5. The molecule has 2 aliphatic rings. The molecule has 0 unspecified atom stereocenters. The lowest BCUT2D eigenvalue weighted by Crippen LogP contribution is -2.60. The number of nitrogens with zero attached hydrogens (tertiary/aromatic N) is 4. The fourth-order valence-corrected chi connectivity index (χ4v) is 6.20. The number of nitrogens with one attached hydrogen (secondary N) is 1. The van der Waals surface area contributed by atoms with Crippen LogP contribution in [0.15, 0.2) is 24.3 Å². The second-order valence-electron chi connectivity index (χ2n) is 13.8. The number of likely N-dealkylation sites (N-methyl/N-ethyl adjacent to an activating group) is 2.